The van der Waals surface area contributed by atoms with Gasteiger partial charge in [0.25, 0.3) is 0 Å². The van der Waals surface area contributed by atoms with Gasteiger partial charge in [0.2, 0.25) is 0 Å². The third-order valence-electron chi connectivity index (χ3n) is 2.64. The number of hydrogen-bond donors (Lipinski definition) is 2. The molecule has 2 aliphatic rings. The summed E-state index contributed by atoms with van der Waals surface area (Å²) in [5.74, 6) is -0.920. The van der Waals surface area contributed by atoms with Gasteiger partial charge in [-0.3, -0.25) is 0 Å². The summed E-state index contributed by atoms with van der Waals surface area (Å²) in [6.45, 7) is 0. The van der Waals surface area contributed by atoms with Crippen molar-refractivity contribution in [3.8, 4) is 0 Å². The van der Waals surface area contributed by atoms with Crippen molar-refractivity contribution < 1.29 is 14.6 Å². The third kappa shape index (κ3) is 1.83. The first-order chi connectivity index (χ1) is 6.25. The number of fused-ring (bicyclic) bond motifs is 2. The molecule has 4 heteroatoms. The van der Waals surface area contributed by atoms with Crippen LogP contribution in [0.1, 0.15) is 19.3 Å². The predicted octanol–water partition coefficient (Wildman–Crippen LogP) is 0.494. The van der Waals surface area contributed by atoms with Gasteiger partial charge < -0.3 is 15.2 Å². The molecule has 3 atom stereocenters. The van der Waals surface area contributed by atoms with E-state index in [9.17, 15) is 4.79 Å². The van der Waals surface area contributed by atoms with Gasteiger partial charge in [0, 0.05) is 12.3 Å². The molecule has 0 amide bonds. The molecule has 0 aromatic rings. The van der Waals surface area contributed by atoms with Gasteiger partial charge in [0.1, 0.15) is 0 Å². The van der Waals surface area contributed by atoms with Gasteiger partial charge in [-0.15, -0.1) is 0 Å². The average molecular weight is 183 g/mol. The molecule has 2 heterocycles. The summed E-state index contributed by atoms with van der Waals surface area (Å²) in [6.07, 6.45) is 6.58. The number of ether oxygens (including phenoxy) is 1. The van der Waals surface area contributed by atoms with E-state index in [1.807, 2.05) is 0 Å². The number of aliphatic carboxylic acids is 1. The first-order valence-corrected chi connectivity index (χ1v) is 4.56. The van der Waals surface area contributed by atoms with Gasteiger partial charge in [-0.2, -0.15) is 0 Å². The topological polar surface area (TPSA) is 58.6 Å². The van der Waals surface area contributed by atoms with Gasteiger partial charge in [0.05, 0.1) is 18.2 Å². The molecule has 2 fully saturated rings. The van der Waals surface area contributed by atoms with Crippen molar-refractivity contribution in [2.45, 2.75) is 37.5 Å². The highest BCUT2D eigenvalue weighted by Gasteiger charge is 2.40. The molecule has 2 aliphatic heterocycles. The van der Waals surface area contributed by atoms with Crippen LogP contribution >= 0.6 is 0 Å². The zero-order chi connectivity index (χ0) is 9.26. The van der Waals surface area contributed by atoms with Crippen molar-refractivity contribution in [2.75, 3.05) is 0 Å². The fourth-order valence-electron chi connectivity index (χ4n) is 2.06. The quantitative estimate of drug-likeness (QED) is 0.625. The van der Waals surface area contributed by atoms with E-state index < -0.39 is 5.97 Å². The summed E-state index contributed by atoms with van der Waals surface area (Å²) in [5, 5.41) is 11.4. The van der Waals surface area contributed by atoms with Crippen molar-refractivity contribution in [3.05, 3.63) is 12.3 Å². The maximum Gasteiger partial charge on any atom is 0.329 e. The Morgan fingerprint density at radius 2 is 2.38 bits per heavy atom. The van der Waals surface area contributed by atoms with Crippen LogP contribution in [0.15, 0.2) is 12.3 Å². The van der Waals surface area contributed by atoms with E-state index in [4.69, 9.17) is 9.84 Å². The first-order valence-electron chi connectivity index (χ1n) is 4.56. The number of carboxylic acid groups (broad SMARTS) is 1. The van der Waals surface area contributed by atoms with Crippen LogP contribution in [0.3, 0.4) is 0 Å². The van der Waals surface area contributed by atoms with E-state index in [1.165, 1.54) is 6.20 Å². The summed E-state index contributed by atoms with van der Waals surface area (Å²) < 4.78 is 5.60. The SMILES string of the molecule is O=C(O)/C=C/NC1CC2CCC1O2. The molecular formula is C9H13NO3. The molecule has 2 rings (SSSR count). The van der Waals surface area contributed by atoms with Crippen LogP contribution in [0.25, 0.3) is 0 Å². The van der Waals surface area contributed by atoms with Gasteiger partial charge in [-0.1, -0.05) is 0 Å². The highest BCUT2D eigenvalue weighted by molar-refractivity contribution is 5.79. The molecule has 72 valence electrons. The lowest BCUT2D eigenvalue weighted by atomic mass is 9.96. The fraction of sp³-hybridized carbons (Fsp3) is 0.667. The molecule has 2 N–H and O–H groups in total. The van der Waals surface area contributed by atoms with Crippen LogP contribution in [0.2, 0.25) is 0 Å². The van der Waals surface area contributed by atoms with Crippen LogP contribution in [-0.4, -0.2) is 29.3 Å². The van der Waals surface area contributed by atoms with E-state index in [0.717, 1.165) is 25.3 Å². The number of carbonyl (C=O) groups is 1. The molecule has 13 heavy (non-hydrogen) atoms. The zero-order valence-electron chi connectivity index (χ0n) is 7.27. The van der Waals surface area contributed by atoms with Crippen molar-refractivity contribution in [1.82, 2.24) is 5.32 Å². The van der Waals surface area contributed by atoms with E-state index in [1.54, 1.807) is 0 Å². The van der Waals surface area contributed by atoms with Crippen LogP contribution in [0.5, 0.6) is 0 Å². The molecule has 4 nitrogen and oxygen atoms in total. The molecule has 0 aromatic carbocycles. The molecule has 0 saturated carbocycles. The van der Waals surface area contributed by atoms with Gasteiger partial charge in [0.15, 0.2) is 0 Å². The van der Waals surface area contributed by atoms with Crippen LogP contribution in [-0.2, 0) is 9.53 Å². The van der Waals surface area contributed by atoms with Crippen molar-refractivity contribution >= 4 is 5.97 Å². The van der Waals surface area contributed by atoms with Crippen molar-refractivity contribution in [3.63, 3.8) is 0 Å². The summed E-state index contributed by atoms with van der Waals surface area (Å²) in [7, 11) is 0. The Bertz CT molecular complexity index is 239. The summed E-state index contributed by atoms with van der Waals surface area (Å²) >= 11 is 0. The Balaban J connectivity index is 1.80. The normalized spacial score (nSPS) is 37.1. The largest absolute Gasteiger partial charge is 0.478 e. The van der Waals surface area contributed by atoms with Crippen LogP contribution in [0.4, 0.5) is 0 Å². The Labute approximate surface area is 76.6 Å². The van der Waals surface area contributed by atoms with E-state index >= 15 is 0 Å². The van der Waals surface area contributed by atoms with Gasteiger partial charge in [-0.05, 0) is 19.3 Å². The highest BCUT2D eigenvalue weighted by Crippen LogP contribution is 2.34. The molecule has 0 aromatic heterocycles. The number of hydrogen-bond acceptors (Lipinski definition) is 3. The maximum absolute atomic E-state index is 10.2. The molecular weight excluding hydrogens is 170 g/mol. The molecule has 2 bridgehead atoms. The lowest BCUT2D eigenvalue weighted by Crippen LogP contribution is -2.34. The Kier molecular flexibility index (Phi) is 2.22. The lowest BCUT2D eigenvalue weighted by Gasteiger charge is -2.18. The summed E-state index contributed by atoms with van der Waals surface area (Å²) in [6, 6.07) is 0.314. The minimum absolute atomic E-state index is 0.295. The zero-order valence-corrected chi connectivity index (χ0v) is 7.27. The summed E-state index contributed by atoms with van der Waals surface area (Å²) in [5.41, 5.74) is 0. The Morgan fingerprint density at radius 3 is 2.92 bits per heavy atom. The molecule has 0 aliphatic carbocycles. The third-order valence-corrected chi connectivity index (χ3v) is 2.64. The van der Waals surface area contributed by atoms with Crippen LogP contribution in [0, 0.1) is 0 Å². The van der Waals surface area contributed by atoms with Crippen molar-refractivity contribution in [2.24, 2.45) is 0 Å². The maximum atomic E-state index is 10.2. The minimum Gasteiger partial charge on any atom is -0.478 e. The molecule has 0 spiro atoms. The van der Waals surface area contributed by atoms with Gasteiger partial charge >= 0.3 is 5.97 Å². The lowest BCUT2D eigenvalue weighted by molar-refractivity contribution is -0.131. The van der Waals surface area contributed by atoms with Crippen molar-refractivity contribution in [1.29, 1.82) is 0 Å². The molecule has 2 saturated heterocycles. The summed E-state index contributed by atoms with van der Waals surface area (Å²) in [4.78, 5) is 10.2. The Hall–Kier alpha value is -1.03. The average Bonchev–Trinajstić information content (AvgIpc) is 2.64. The van der Waals surface area contributed by atoms with E-state index in [2.05, 4.69) is 5.32 Å². The number of nitrogens with one attached hydrogen (secondary N) is 1. The first kappa shape index (κ1) is 8.56. The molecule has 0 radical (unpaired) electrons. The predicted molar refractivity (Wildman–Crippen MR) is 46.2 cm³/mol. The minimum atomic E-state index is -0.920. The molecule has 3 unspecified atom stereocenters. The smallest absolute Gasteiger partial charge is 0.329 e. The highest BCUT2D eigenvalue weighted by atomic mass is 16.5. The van der Waals surface area contributed by atoms with Gasteiger partial charge in [-0.25, -0.2) is 4.79 Å². The second kappa shape index (κ2) is 3.38. The second-order valence-electron chi connectivity index (χ2n) is 3.55. The number of rotatable bonds is 3. The van der Waals surface area contributed by atoms with E-state index in [-0.39, 0.29) is 0 Å². The second-order valence-corrected chi connectivity index (χ2v) is 3.55. The monoisotopic (exact) mass is 183 g/mol. The number of carboxylic acids is 1. The van der Waals surface area contributed by atoms with Crippen LogP contribution < -0.4 is 5.32 Å². The van der Waals surface area contributed by atoms with E-state index in [0.29, 0.717) is 18.2 Å². The Morgan fingerprint density at radius 1 is 1.54 bits per heavy atom. The fourth-order valence-corrected chi connectivity index (χ4v) is 2.06. The standard InChI is InChI=1S/C9H13NO3/c11-9(12)3-4-10-7-5-6-1-2-8(7)13-6/h3-4,6-8,10H,1-2,5H2,(H,11,12)/b4-3+.